The molecule has 0 radical (unpaired) electrons. The van der Waals surface area contributed by atoms with Gasteiger partial charge in [0.05, 0.1) is 29.1 Å². The fourth-order valence-electron chi connectivity index (χ4n) is 3.14. The maximum atomic E-state index is 12.9. The van der Waals surface area contributed by atoms with Crippen molar-refractivity contribution in [2.24, 2.45) is 0 Å². The average molecular weight is 474 g/mol. The number of H-pyrrole nitrogens is 1. The number of nitrogens with one attached hydrogen (secondary N) is 2. The van der Waals surface area contributed by atoms with E-state index in [0.29, 0.717) is 11.3 Å². The highest BCUT2D eigenvalue weighted by molar-refractivity contribution is 9.10. The first-order chi connectivity index (χ1) is 14.9. The Morgan fingerprint density at radius 3 is 2.71 bits per heavy atom. The Morgan fingerprint density at radius 1 is 1.19 bits per heavy atom. The normalized spacial score (nSPS) is 11.2. The molecule has 0 aliphatic rings. The summed E-state index contributed by atoms with van der Waals surface area (Å²) in [7, 11) is 0. The molecule has 31 heavy (non-hydrogen) atoms. The molecule has 0 aliphatic heterocycles. The van der Waals surface area contributed by atoms with Gasteiger partial charge in [-0.25, -0.2) is 0 Å². The SMILES string of the molecule is CC(C)(C#N)c1cccc(NC(=O)c2ccc(Br)c(-n3cc(-c4cccnc4)[nH]3)c2)c1. The Bertz CT molecular complexity index is 1270. The summed E-state index contributed by atoms with van der Waals surface area (Å²) in [5, 5.41) is 15.6. The van der Waals surface area contributed by atoms with Gasteiger partial charge in [-0.2, -0.15) is 5.26 Å². The van der Waals surface area contributed by atoms with E-state index >= 15 is 0 Å². The van der Waals surface area contributed by atoms with Crippen LogP contribution < -0.4 is 5.32 Å². The summed E-state index contributed by atoms with van der Waals surface area (Å²) >= 11 is 3.55. The average Bonchev–Trinajstić information content (AvgIpc) is 2.75. The van der Waals surface area contributed by atoms with Crippen molar-refractivity contribution in [3.8, 4) is 23.0 Å². The van der Waals surface area contributed by atoms with Crippen LogP contribution in [-0.4, -0.2) is 20.7 Å². The summed E-state index contributed by atoms with van der Waals surface area (Å²) in [5.41, 5.74) is 4.15. The molecule has 2 heterocycles. The van der Waals surface area contributed by atoms with Crippen LogP contribution in [-0.2, 0) is 5.41 Å². The molecule has 4 aromatic rings. The van der Waals surface area contributed by atoms with Crippen LogP contribution in [0.5, 0.6) is 0 Å². The summed E-state index contributed by atoms with van der Waals surface area (Å²) in [6.07, 6.45) is 5.47. The molecule has 2 aromatic carbocycles. The van der Waals surface area contributed by atoms with Crippen molar-refractivity contribution in [2.75, 3.05) is 5.32 Å². The lowest BCUT2D eigenvalue weighted by molar-refractivity contribution is 0.102. The lowest BCUT2D eigenvalue weighted by Crippen LogP contribution is -2.16. The second kappa shape index (κ2) is 8.25. The standard InChI is InChI=1S/C24H20BrN5O/c1-24(2,15-26)18-6-3-7-19(12-18)28-23(31)16-8-9-20(25)22(11-16)30-14-21(29-30)17-5-4-10-27-13-17/h3-14,29H,1-2H3,(H,28,31). The molecule has 2 N–H and O–H groups in total. The zero-order valence-electron chi connectivity index (χ0n) is 17.1. The van der Waals surface area contributed by atoms with E-state index in [1.807, 2.05) is 73.3 Å². The fourth-order valence-corrected chi connectivity index (χ4v) is 3.57. The number of hydrogen-bond donors (Lipinski definition) is 2. The van der Waals surface area contributed by atoms with Crippen LogP contribution in [0.1, 0.15) is 29.8 Å². The Kier molecular flexibility index (Phi) is 5.49. The minimum atomic E-state index is -0.632. The molecule has 2 aromatic heterocycles. The van der Waals surface area contributed by atoms with Crippen molar-refractivity contribution in [3.05, 3.63) is 88.8 Å². The predicted octanol–water partition coefficient (Wildman–Crippen LogP) is 5.68. The highest BCUT2D eigenvalue weighted by atomic mass is 79.9. The number of aromatic nitrogens is 3. The van der Waals surface area contributed by atoms with Crippen LogP contribution in [0.2, 0.25) is 0 Å². The molecule has 0 aliphatic carbocycles. The Morgan fingerprint density at radius 2 is 2.00 bits per heavy atom. The summed E-state index contributed by atoms with van der Waals surface area (Å²) in [4.78, 5) is 17.0. The van der Waals surface area contributed by atoms with E-state index in [1.165, 1.54) is 0 Å². The van der Waals surface area contributed by atoms with Gasteiger partial charge in [-0.05, 0) is 77.8 Å². The van der Waals surface area contributed by atoms with Gasteiger partial charge in [0.2, 0.25) is 0 Å². The van der Waals surface area contributed by atoms with E-state index in [4.69, 9.17) is 0 Å². The predicted molar refractivity (Wildman–Crippen MR) is 124 cm³/mol. The Balaban J connectivity index is 1.56. The molecule has 0 unspecified atom stereocenters. The molecule has 7 heteroatoms. The van der Waals surface area contributed by atoms with Gasteiger partial charge < -0.3 is 5.32 Å². The number of carbonyl (C=O) groups excluding carboxylic acids is 1. The van der Waals surface area contributed by atoms with Gasteiger partial charge in [0.25, 0.3) is 5.91 Å². The van der Waals surface area contributed by atoms with Crippen molar-refractivity contribution in [3.63, 3.8) is 0 Å². The second-order valence-corrected chi connectivity index (χ2v) is 8.56. The van der Waals surface area contributed by atoms with E-state index in [9.17, 15) is 10.1 Å². The van der Waals surface area contributed by atoms with Gasteiger partial charge >= 0.3 is 0 Å². The zero-order valence-corrected chi connectivity index (χ0v) is 18.6. The monoisotopic (exact) mass is 473 g/mol. The summed E-state index contributed by atoms with van der Waals surface area (Å²) < 4.78 is 2.70. The maximum Gasteiger partial charge on any atom is 0.255 e. The highest BCUT2D eigenvalue weighted by Gasteiger charge is 2.20. The van der Waals surface area contributed by atoms with E-state index in [0.717, 1.165) is 27.0 Å². The van der Waals surface area contributed by atoms with Gasteiger partial charge in [0.15, 0.2) is 0 Å². The molecule has 0 saturated heterocycles. The van der Waals surface area contributed by atoms with Gasteiger partial charge in [0, 0.05) is 33.7 Å². The van der Waals surface area contributed by atoms with E-state index in [1.54, 1.807) is 18.5 Å². The first-order valence-electron chi connectivity index (χ1n) is 9.68. The maximum absolute atomic E-state index is 12.9. The van der Waals surface area contributed by atoms with Gasteiger partial charge in [-0.1, -0.05) is 12.1 Å². The third kappa shape index (κ3) is 4.30. The molecule has 154 valence electrons. The lowest BCUT2D eigenvalue weighted by atomic mass is 9.86. The van der Waals surface area contributed by atoms with Crippen molar-refractivity contribution in [1.29, 1.82) is 5.26 Å². The molecule has 0 atom stereocenters. The van der Waals surface area contributed by atoms with Crippen LogP contribution in [0.4, 0.5) is 5.69 Å². The van der Waals surface area contributed by atoms with Gasteiger partial charge in [0.1, 0.15) is 0 Å². The lowest BCUT2D eigenvalue weighted by Gasteiger charge is -2.18. The molecule has 0 bridgehead atoms. The van der Waals surface area contributed by atoms with Crippen LogP contribution >= 0.6 is 15.9 Å². The number of halogens is 1. The minimum absolute atomic E-state index is 0.224. The fraction of sp³-hybridized carbons (Fsp3) is 0.125. The summed E-state index contributed by atoms with van der Waals surface area (Å²) in [6, 6.07) is 18.9. The van der Waals surface area contributed by atoms with Crippen LogP contribution in [0.15, 0.2) is 77.7 Å². The topological polar surface area (TPSA) is 86.5 Å². The second-order valence-electron chi connectivity index (χ2n) is 7.70. The number of hydrogen-bond acceptors (Lipinski definition) is 3. The molecule has 4 rings (SSSR count). The third-order valence-corrected chi connectivity index (χ3v) is 5.73. The van der Waals surface area contributed by atoms with Crippen molar-refractivity contribution < 1.29 is 4.79 Å². The Hall–Kier alpha value is -3.63. The number of anilines is 1. The van der Waals surface area contributed by atoms with Crippen LogP contribution in [0, 0.1) is 11.3 Å². The number of amides is 1. The van der Waals surface area contributed by atoms with Crippen molar-refractivity contribution in [2.45, 2.75) is 19.3 Å². The molecular formula is C24H20BrN5O. The van der Waals surface area contributed by atoms with Crippen LogP contribution in [0.3, 0.4) is 0 Å². The smallest absolute Gasteiger partial charge is 0.255 e. The first kappa shape index (κ1) is 20.6. The molecular weight excluding hydrogens is 454 g/mol. The largest absolute Gasteiger partial charge is 0.322 e. The van der Waals surface area contributed by atoms with E-state index in [-0.39, 0.29) is 5.91 Å². The molecule has 0 spiro atoms. The molecule has 6 nitrogen and oxygen atoms in total. The number of benzene rings is 2. The van der Waals surface area contributed by atoms with Crippen molar-refractivity contribution >= 4 is 27.5 Å². The highest BCUT2D eigenvalue weighted by Crippen LogP contribution is 2.28. The number of pyridine rings is 1. The van der Waals surface area contributed by atoms with E-state index < -0.39 is 5.41 Å². The third-order valence-electron chi connectivity index (χ3n) is 5.06. The number of nitriles is 1. The van der Waals surface area contributed by atoms with Gasteiger partial charge in [-0.15, -0.1) is 0 Å². The van der Waals surface area contributed by atoms with Crippen LogP contribution in [0.25, 0.3) is 16.9 Å². The first-order valence-corrected chi connectivity index (χ1v) is 10.5. The molecule has 0 saturated carbocycles. The quantitative estimate of drug-likeness (QED) is 0.390. The molecule has 1 amide bonds. The van der Waals surface area contributed by atoms with Gasteiger partial charge in [-0.3, -0.25) is 19.6 Å². The number of rotatable bonds is 5. The number of aromatic amines is 1. The number of nitrogens with zero attached hydrogens (tertiary/aromatic N) is 3. The molecule has 0 fully saturated rings. The summed E-state index contributed by atoms with van der Waals surface area (Å²) in [5.74, 6) is -0.224. The number of carbonyl (C=O) groups is 1. The zero-order chi connectivity index (χ0) is 22.0. The minimum Gasteiger partial charge on any atom is -0.322 e. The van der Waals surface area contributed by atoms with E-state index in [2.05, 4.69) is 37.4 Å². The van der Waals surface area contributed by atoms with Crippen molar-refractivity contribution in [1.82, 2.24) is 14.8 Å². The summed E-state index contributed by atoms with van der Waals surface area (Å²) in [6.45, 7) is 3.70. The Labute approximate surface area is 188 Å².